The van der Waals surface area contributed by atoms with Crippen LogP contribution in [-0.2, 0) is 19.8 Å². The van der Waals surface area contributed by atoms with Gasteiger partial charge in [0.05, 0.1) is 0 Å². The Hall–Kier alpha value is 0.376. The molecule has 6 heavy (non-hydrogen) atoms. The fraction of sp³-hybridized carbons (Fsp3) is 0. The van der Waals surface area contributed by atoms with Gasteiger partial charge in [-0.1, -0.05) is 0 Å². The van der Waals surface area contributed by atoms with Gasteiger partial charge in [-0.15, -0.1) is 0 Å². The van der Waals surface area contributed by atoms with Crippen molar-refractivity contribution < 1.29 is 45.6 Å². The summed E-state index contributed by atoms with van der Waals surface area (Å²) in [6.07, 6.45) is 0. The summed E-state index contributed by atoms with van der Waals surface area (Å²) in [5.41, 5.74) is 0. The van der Waals surface area contributed by atoms with Gasteiger partial charge < -0.3 is 25.8 Å². The zero-order valence-corrected chi connectivity index (χ0v) is 5.15. The normalized spacial score (nSPS) is 0. The predicted molar refractivity (Wildman–Crippen MR) is 10.8 cm³/mol. The molecule has 0 amide bonds. The van der Waals surface area contributed by atoms with E-state index >= 15 is 0 Å². The molecule has 46 valence electrons. The summed E-state index contributed by atoms with van der Waals surface area (Å²) in [5.74, 6) is 0. The Morgan fingerprint density at radius 1 is 0.500 bits per heavy atom. The molecule has 0 fully saturated rings. The molecule has 0 saturated heterocycles. The Labute approximate surface area is 46.4 Å². The van der Waals surface area contributed by atoms with Crippen molar-refractivity contribution in [2.75, 3.05) is 0 Å². The van der Waals surface area contributed by atoms with Crippen LogP contribution in [0.25, 0.3) is 0 Å². The quantitative estimate of drug-likeness (QED) is 0.422. The van der Waals surface area contributed by atoms with Crippen molar-refractivity contribution in [1.82, 2.24) is 0 Å². The molecule has 0 aliphatic rings. The second-order valence-electron chi connectivity index (χ2n) is 0. The van der Waals surface area contributed by atoms with Crippen LogP contribution < -0.4 is 9.41 Å². The maximum absolute atomic E-state index is 0. The minimum Gasteiger partial charge on any atom is -1.00 e. The van der Waals surface area contributed by atoms with Crippen molar-refractivity contribution in [3.8, 4) is 0 Å². The molecule has 0 aliphatic carbocycles. The Morgan fingerprint density at radius 3 is 0.500 bits per heavy atom. The minimum absolute atomic E-state index is 0. The molecule has 0 bridgehead atoms. The third kappa shape index (κ3) is 352. The summed E-state index contributed by atoms with van der Waals surface area (Å²) in [4.78, 5) is 0. The van der Waals surface area contributed by atoms with Gasteiger partial charge in [-0.05, 0) is 0 Å². The molecule has 0 rings (SSSR count). The van der Waals surface area contributed by atoms with E-state index in [1.807, 2.05) is 0 Å². The Morgan fingerprint density at radius 2 is 0.500 bits per heavy atom. The van der Waals surface area contributed by atoms with E-state index in [4.69, 9.17) is 0 Å². The number of hydrogen-bond donors (Lipinski definition) is 0. The maximum Gasteiger partial charge on any atom is 2.00 e. The number of rotatable bonds is 0. The van der Waals surface area contributed by atoms with Gasteiger partial charge in [0.15, 0.2) is 0 Å². The molecule has 0 saturated carbocycles. The SMILES string of the molecule is O.O.O.[F-].[F-].[Os+2]. The first-order chi connectivity index (χ1) is 0. The van der Waals surface area contributed by atoms with E-state index in [1.165, 1.54) is 0 Å². The molecule has 6 N–H and O–H groups in total. The molecule has 0 aromatic heterocycles. The smallest absolute Gasteiger partial charge is 1.00 e. The van der Waals surface area contributed by atoms with Gasteiger partial charge in [-0.2, -0.15) is 0 Å². The van der Waals surface area contributed by atoms with Crippen LogP contribution in [0.3, 0.4) is 0 Å². The van der Waals surface area contributed by atoms with Crippen LogP contribution in [0.1, 0.15) is 0 Å². The molecular weight excluding hydrogens is 276 g/mol. The molecule has 3 nitrogen and oxygen atoms in total. The number of hydrogen-bond acceptors (Lipinski definition) is 0. The monoisotopic (exact) mass is 284 g/mol. The maximum atomic E-state index is 0. The average molecular weight is 282 g/mol. The van der Waals surface area contributed by atoms with E-state index in [0.717, 1.165) is 0 Å². The topological polar surface area (TPSA) is 94.5 Å². The molecule has 6 heteroatoms. The van der Waals surface area contributed by atoms with Gasteiger partial charge in [0.2, 0.25) is 0 Å². The van der Waals surface area contributed by atoms with Crippen LogP contribution in [0.2, 0.25) is 0 Å². The molecule has 0 aliphatic heterocycles. The molecule has 0 spiro atoms. The van der Waals surface area contributed by atoms with Gasteiger partial charge in [-0.25, -0.2) is 0 Å². The van der Waals surface area contributed by atoms with Crippen molar-refractivity contribution >= 4 is 0 Å². The van der Waals surface area contributed by atoms with E-state index in [2.05, 4.69) is 0 Å². The fourth-order valence-corrected chi connectivity index (χ4v) is 0. The van der Waals surface area contributed by atoms with E-state index in [9.17, 15) is 0 Å². The van der Waals surface area contributed by atoms with Crippen molar-refractivity contribution in [1.29, 1.82) is 0 Å². The van der Waals surface area contributed by atoms with E-state index in [1.54, 1.807) is 0 Å². The summed E-state index contributed by atoms with van der Waals surface area (Å²) in [7, 11) is 0. The van der Waals surface area contributed by atoms with Gasteiger partial charge in [-0.3, -0.25) is 0 Å². The van der Waals surface area contributed by atoms with Gasteiger partial charge in [0, 0.05) is 0 Å². The van der Waals surface area contributed by atoms with Crippen LogP contribution in [0.4, 0.5) is 0 Å². The first-order valence-electron chi connectivity index (χ1n) is 0. The van der Waals surface area contributed by atoms with Crippen molar-refractivity contribution in [3.05, 3.63) is 0 Å². The van der Waals surface area contributed by atoms with Crippen molar-refractivity contribution in [2.45, 2.75) is 0 Å². The average Bonchev–Trinajstić information content (AvgIpc) is 0. The zero-order valence-electron chi connectivity index (χ0n) is 2.61. The molecule has 0 aromatic carbocycles. The van der Waals surface area contributed by atoms with E-state index < -0.39 is 0 Å². The summed E-state index contributed by atoms with van der Waals surface area (Å²) >= 11 is 0. The largest absolute Gasteiger partial charge is 2.00 e. The van der Waals surface area contributed by atoms with Crippen LogP contribution in [0.5, 0.6) is 0 Å². The van der Waals surface area contributed by atoms with Crippen LogP contribution in [-0.4, -0.2) is 16.4 Å². The minimum atomic E-state index is 0. The van der Waals surface area contributed by atoms with Gasteiger partial charge in [0.1, 0.15) is 0 Å². The third-order valence-corrected chi connectivity index (χ3v) is 0. The zero-order chi connectivity index (χ0) is 0. The Kier molecular flexibility index (Phi) is 158000. The molecule has 0 radical (unpaired) electrons. The first kappa shape index (κ1) is 1300. The summed E-state index contributed by atoms with van der Waals surface area (Å²) < 4.78 is 0. The summed E-state index contributed by atoms with van der Waals surface area (Å²) in [5, 5.41) is 0. The predicted octanol–water partition coefficient (Wildman–Crippen LogP) is -8.47. The Balaban J connectivity index is 0. The molecular formula is H6F2O3Os. The summed E-state index contributed by atoms with van der Waals surface area (Å²) in [6.45, 7) is 0. The summed E-state index contributed by atoms with van der Waals surface area (Å²) in [6, 6.07) is 0. The molecule has 0 heterocycles. The third-order valence-electron chi connectivity index (χ3n) is 0. The molecule has 0 unspecified atom stereocenters. The van der Waals surface area contributed by atoms with Crippen LogP contribution >= 0.6 is 0 Å². The van der Waals surface area contributed by atoms with Crippen molar-refractivity contribution in [3.63, 3.8) is 0 Å². The fourth-order valence-electron chi connectivity index (χ4n) is 0. The van der Waals surface area contributed by atoms with Gasteiger partial charge in [0.25, 0.3) is 0 Å². The van der Waals surface area contributed by atoms with Gasteiger partial charge >= 0.3 is 19.8 Å². The van der Waals surface area contributed by atoms with E-state index in [0.29, 0.717) is 0 Å². The molecule has 0 aromatic rings. The first-order valence-corrected chi connectivity index (χ1v) is 0. The second-order valence-corrected chi connectivity index (χ2v) is 0. The van der Waals surface area contributed by atoms with E-state index in [-0.39, 0.29) is 45.6 Å². The Bertz CT molecular complexity index is 8.75. The van der Waals surface area contributed by atoms with Crippen molar-refractivity contribution in [2.24, 2.45) is 0 Å². The standard InChI is InChI=1S/2FH.3H2O.Os/h2*1H;3*1H2;/q;;;;;+2/p-2. The second kappa shape index (κ2) is 727. The van der Waals surface area contributed by atoms with Crippen LogP contribution in [0, 0.1) is 0 Å². The molecule has 0 atom stereocenters. The number of halogens is 2. The van der Waals surface area contributed by atoms with Crippen LogP contribution in [0.15, 0.2) is 0 Å².